The third-order valence-corrected chi connectivity index (χ3v) is 7.51. The van der Waals surface area contributed by atoms with Crippen LogP contribution in [0.5, 0.6) is 0 Å². The summed E-state index contributed by atoms with van der Waals surface area (Å²) in [7, 11) is 0. The Bertz CT molecular complexity index is 2680. The first-order valence-corrected chi connectivity index (χ1v) is 17.3. The van der Waals surface area contributed by atoms with Crippen molar-refractivity contribution in [2.45, 2.75) is 14.4 Å². The molecule has 7 nitrogen and oxygen atoms in total. The molecule has 8 heteroatoms. The van der Waals surface area contributed by atoms with Crippen LogP contribution < -0.4 is 0 Å². The number of terminal acetylenes is 2. The topological polar surface area (TPSA) is 102 Å². The number of halogens is 1. The first-order valence-electron chi connectivity index (χ1n) is 16.5. The lowest BCUT2D eigenvalue weighted by Crippen LogP contribution is -1.81. The second-order valence-electron chi connectivity index (χ2n) is 10.8. The van der Waals surface area contributed by atoms with Crippen molar-refractivity contribution in [3.63, 3.8) is 0 Å². The zero-order valence-corrected chi connectivity index (χ0v) is 32.5. The minimum atomic E-state index is -0.0394. The number of nitriles is 3. The Kier molecular flexibility index (Phi) is 21.6. The van der Waals surface area contributed by atoms with Gasteiger partial charge in [0, 0.05) is 37.9 Å². The molecule has 0 saturated carbocycles. The standard InChI is InChI=1S/C26H10N4.C10H6.C8H3BrN2.C6H8O.CH4/c1-29-25-15-21(11-13-23(25)17-27)9-7-19-3-5-20(6-4-19)8-10-22-12-14-24(18-28)26(16-22)30-2;1-3-9-5-7-10(4-2)8-6-9;1-11-8-4-7(9)3-2-6(8)5-10;1-3-5-6(7)4-2;/h3-6,11-16H;1-2,5-8H;2-4H;3-5H,2H2,1H3;1H4. The van der Waals surface area contributed by atoms with Crippen LogP contribution in [-0.4, -0.2) is 5.78 Å². The largest absolute Gasteiger partial charge is 0.290 e. The molecular formula is C51H31BrN6O. The summed E-state index contributed by atoms with van der Waals surface area (Å²) in [6, 6.07) is 35.4. The molecule has 0 N–H and O–H groups in total. The molecule has 0 unspecified atom stereocenters. The molecule has 0 saturated heterocycles. The highest BCUT2D eigenvalue weighted by atomic mass is 79.9. The van der Waals surface area contributed by atoms with Gasteiger partial charge in [0.2, 0.25) is 17.1 Å². The van der Waals surface area contributed by atoms with E-state index in [9.17, 15) is 4.79 Å². The summed E-state index contributed by atoms with van der Waals surface area (Å²) in [5.74, 6) is 17.0. The summed E-state index contributed by atoms with van der Waals surface area (Å²) in [6.07, 6.45) is 14.7. The summed E-state index contributed by atoms with van der Waals surface area (Å²) in [5, 5.41) is 26.5. The molecule has 5 aromatic rings. The van der Waals surface area contributed by atoms with Gasteiger partial charge in [-0.2, -0.15) is 15.8 Å². The maximum atomic E-state index is 10.2. The van der Waals surface area contributed by atoms with Crippen molar-refractivity contribution in [3.05, 3.63) is 217 Å². The Balaban J connectivity index is 0.000000487. The van der Waals surface area contributed by atoms with Crippen LogP contribution in [0.2, 0.25) is 0 Å². The molecule has 278 valence electrons. The lowest BCUT2D eigenvalue weighted by molar-refractivity contribution is -0.110. The highest BCUT2D eigenvalue weighted by molar-refractivity contribution is 9.10. The first-order chi connectivity index (χ1) is 28.1. The summed E-state index contributed by atoms with van der Waals surface area (Å²) >= 11 is 3.21. The summed E-state index contributed by atoms with van der Waals surface area (Å²) in [4.78, 5) is 20.1. The molecular weight excluding hydrogens is 793 g/mol. The highest BCUT2D eigenvalue weighted by Gasteiger charge is 2.03. The van der Waals surface area contributed by atoms with Crippen LogP contribution in [-0.2, 0) is 4.79 Å². The number of allylic oxidation sites excluding steroid dienone is 3. The monoisotopic (exact) mass is 822 g/mol. The van der Waals surface area contributed by atoms with Crippen molar-refractivity contribution in [2.24, 2.45) is 0 Å². The summed E-state index contributed by atoms with van der Waals surface area (Å²) < 4.78 is 0.822. The van der Waals surface area contributed by atoms with E-state index in [1.807, 2.05) is 66.7 Å². The molecule has 0 heterocycles. The SMILES string of the molecule is C.C#Cc1ccc(C#C)cc1.C=CC(=O)C=CC.[C-]#[N+]c1cc(Br)ccc1C#N.[C-]#[N+]c1cc(C#Cc2ccc(C#Cc3ccc(C#N)c([N+]#[C-])c3)cc2)ccc1C#N. The van der Waals surface area contributed by atoms with Crippen LogP contribution in [0.1, 0.15) is 64.4 Å². The predicted molar refractivity (Wildman–Crippen MR) is 237 cm³/mol. The number of nitrogens with zero attached hydrogens (tertiary/aromatic N) is 6. The van der Waals surface area contributed by atoms with Crippen molar-refractivity contribution in [2.75, 3.05) is 0 Å². The molecule has 0 spiro atoms. The van der Waals surface area contributed by atoms with Crippen LogP contribution >= 0.6 is 15.9 Å². The Morgan fingerprint density at radius 1 is 0.593 bits per heavy atom. The Morgan fingerprint density at radius 3 is 1.22 bits per heavy atom. The average molecular weight is 824 g/mol. The van der Waals surface area contributed by atoms with E-state index in [1.165, 1.54) is 12.2 Å². The van der Waals surface area contributed by atoms with Gasteiger partial charge in [0.15, 0.2) is 5.78 Å². The van der Waals surface area contributed by atoms with E-state index in [4.69, 9.17) is 48.3 Å². The zero-order valence-electron chi connectivity index (χ0n) is 30.9. The van der Waals surface area contributed by atoms with E-state index in [0.717, 1.165) is 26.7 Å². The van der Waals surface area contributed by atoms with Gasteiger partial charge < -0.3 is 0 Å². The Labute approximate surface area is 355 Å². The number of hydrogen-bond acceptors (Lipinski definition) is 4. The lowest BCUT2D eigenvalue weighted by Gasteiger charge is -1.96. The third kappa shape index (κ3) is 16.4. The van der Waals surface area contributed by atoms with Gasteiger partial charge in [-0.15, -0.1) is 12.8 Å². The molecule has 5 rings (SSSR count). The van der Waals surface area contributed by atoms with Gasteiger partial charge in [-0.1, -0.05) is 89.7 Å². The first kappa shape index (κ1) is 47.9. The van der Waals surface area contributed by atoms with Crippen LogP contribution in [0.3, 0.4) is 0 Å². The van der Waals surface area contributed by atoms with Gasteiger partial charge in [-0.3, -0.25) is 4.79 Å². The molecule has 0 aliphatic rings. The van der Waals surface area contributed by atoms with Gasteiger partial charge in [0.05, 0.1) is 54.6 Å². The van der Waals surface area contributed by atoms with Gasteiger partial charge in [-0.05, 0) is 104 Å². The van der Waals surface area contributed by atoms with Crippen molar-refractivity contribution >= 4 is 38.8 Å². The van der Waals surface area contributed by atoms with Crippen LogP contribution in [0, 0.1) is 102 Å². The number of carbonyl (C=O) groups is 1. The Morgan fingerprint density at radius 2 is 0.915 bits per heavy atom. The fourth-order valence-electron chi connectivity index (χ4n) is 4.11. The highest BCUT2D eigenvalue weighted by Crippen LogP contribution is 2.23. The molecule has 0 aromatic heterocycles. The van der Waals surface area contributed by atoms with E-state index in [-0.39, 0.29) is 13.2 Å². The van der Waals surface area contributed by atoms with Crippen molar-refractivity contribution in [1.82, 2.24) is 0 Å². The van der Waals surface area contributed by atoms with E-state index >= 15 is 0 Å². The van der Waals surface area contributed by atoms with Crippen LogP contribution in [0.25, 0.3) is 14.5 Å². The van der Waals surface area contributed by atoms with E-state index in [1.54, 1.807) is 67.6 Å². The lowest BCUT2D eigenvalue weighted by atomic mass is 10.1. The fourth-order valence-corrected chi connectivity index (χ4v) is 4.45. The van der Waals surface area contributed by atoms with E-state index < -0.39 is 0 Å². The van der Waals surface area contributed by atoms with Gasteiger partial charge in [0.25, 0.3) is 0 Å². The van der Waals surface area contributed by atoms with Gasteiger partial charge in [0.1, 0.15) is 0 Å². The molecule has 0 amide bonds. The summed E-state index contributed by atoms with van der Waals surface area (Å²) in [6.45, 7) is 26.1. The summed E-state index contributed by atoms with van der Waals surface area (Å²) in [5.41, 5.74) is 6.71. The normalized spacial score (nSPS) is 8.37. The third-order valence-electron chi connectivity index (χ3n) is 7.02. The maximum Gasteiger partial charge on any atom is 0.205 e. The fraction of sp³-hybridized carbons (Fsp3) is 0.0392. The zero-order chi connectivity index (χ0) is 42.7. The number of benzene rings is 5. The second-order valence-corrected chi connectivity index (χ2v) is 11.8. The molecule has 5 aromatic carbocycles. The molecule has 59 heavy (non-hydrogen) atoms. The molecule has 0 bridgehead atoms. The van der Waals surface area contributed by atoms with E-state index in [0.29, 0.717) is 44.9 Å². The quantitative estimate of drug-likeness (QED) is 0.100. The average Bonchev–Trinajstić information content (AvgIpc) is 3.28. The minimum absolute atomic E-state index is 0. The second kappa shape index (κ2) is 26.6. The Hall–Kier alpha value is -9.09. The molecule has 0 aliphatic heterocycles. The number of ketones is 1. The molecule has 0 radical (unpaired) electrons. The number of hydrogen-bond donors (Lipinski definition) is 0. The van der Waals surface area contributed by atoms with Crippen molar-refractivity contribution < 1.29 is 4.79 Å². The van der Waals surface area contributed by atoms with Crippen LogP contribution in [0.4, 0.5) is 17.1 Å². The molecule has 0 aliphatic carbocycles. The van der Waals surface area contributed by atoms with Crippen molar-refractivity contribution in [3.8, 4) is 66.6 Å². The molecule has 0 atom stereocenters. The van der Waals surface area contributed by atoms with Gasteiger partial charge >= 0.3 is 0 Å². The van der Waals surface area contributed by atoms with Gasteiger partial charge in [-0.25, -0.2) is 14.5 Å². The van der Waals surface area contributed by atoms with E-state index in [2.05, 4.69) is 72.6 Å². The molecule has 0 fully saturated rings. The van der Waals surface area contributed by atoms with Crippen molar-refractivity contribution in [1.29, 1.82) is 15.8 Å². The number of carbonyl (C=O) groups excluding carboxylic acids is 1. The minimum Gasteiger partial charge on any atom is -0.290 e. The predicted octanol–water partition coefficient (Wildman–Crippen LogP) is 11.8. The number of rotatable bonds is 2. The maximum absolute atomic E-state index is 10.2. The smallest absolute Gasteiger partial charge is 0.205 e. The van der Waals surface area contributed by atoms with Crippen LogP contribution in [0.15, 0.2) is 132 Å².